The number of ether oxygens (including phenoxy) is 1. The van der Waals surface area contributed by atoms with Crippen LogP contribution in [-0.2, 0) is 0 Å². The zero-order chi connectivity index (χ0) is 19.2. The van der Waals surface area contributed by atoms with Crippen molar-refractivity contribution < 1.29 is 9.66 Å². The third-order valence-corrected chi connectivity index (χ3v) is 4.93. The molecule has 0 atom stereocenters. The minimum absolute atomic E-state index is 0.0385. The Bertz CT molecular complexity index is 769. The number of nitrogens with one attached hydrogen (secondary N) is 1. The number of benzene rings is 1. The molecule has 1 aliphatic carbocycles. The zero-order valence-electron chi connectivity index (χ0n) is 15.9. The fraction of sp³-hybridized carbons (Fsp3) is 0.500. The van der Waals surface area contributed by atoms with E-state index in [-0.39, 0.29) is 23.4 Å². The Balaban J connectivity index is 1.83. The first kappa shape index (κ1) is 19.1. The van der Waals surface area contributed by atoms with Crippen molar-refractivity contribution in [3.8, 4) is 11.6 Å². The molecule has 7 nitrogen and oxygen atoms in total. The first-order chi connectivity index (χ1) is 13.0. The van der Waals surface area contributed by atoms with Crippen molar-refractivity contribution in [2.24, 2.45) is 0 Å². The van der Waals surface area contributed by atoms with Gasteiger partial charge >= 0.3 is 11.6 Å². The summed E-state index contributed by atoms with van der Waals surface area (Å²) in [6, 6.07) is 7.72. The Kier molecular flexibility index (Phi) is 6.21. The Morgan fingerprint density at radius 3 is 2.37 bits per heavy atom. The van der Waals surface area contributed by atoms with E-state index in [1.54, 1.807) is 12.1 Å². The molecule has 1 heterocycles. The fourth-order valence-electron chi connectivity index (χ4n) is 3.36. The number of rotatable bonds is 6. The fourth-order valence-corrected chi connectivity index (χ4v) is 3.36. The van der Waals surface area contributed by atoms with Crippen LogP contribution in [0.5, 0.6) is 11.6 Å². The van der Waals surface area contributed by atoms with E-state index in [2.05, 4.69) is 29.1 Å². The monoisotopic (exact) mass is 370 g/mol. The predicted octanol–water partition coefficient (Wildman–Crippen LogP) is 5.44. The molecule has 7 heteroatoms. The van der Waals surface area contributed by atoms with Gasteiger partial charge in [-0.2, -0.15) is 4.98 Å². The summed E-state index contributed by atoms with van der Waals surface area (Å²) >= 11 is 0. The van der Waals surface area contributed by atoms with Crippen LogP contribution in [-0.4, -0.2) is 20.9 Å². The highest BCUT2D eigenvalue weighted by Crippen LogP contribution is 2.35. The summed E-state index contributed by atoms with van der Waals surface area (Å²) in [7, 11) is 0. The van der Waals surface area contributed by atoms with Gasteiger partial charge in [-0.25, -0.2) is 4.98 Å². The summed E-state index contributed by atoms with van der Waals surface area (Å²) < 4.78 is 5.73. The minimum atomic E-state index is -0.475. The van der Waals surface area contributed by atoms with Crippen LogP contribution in [0.4, 0.5) is 11.5 Å². The Hall–Kier alpha value is -2.70. The van der Waals surface area contributed by atoms with Crippen LogP contribution < -0.4 is 10.1 Å². The molecule has 1 N–H and O–H groups in total. The molecule has 1 saturated carbocycles. The molecule has 0 radical (unpaired) electrons. The number of nitrogens with zero attached hydrogens (tertiary/aromatic N) is 3. The molecule has 1 aromatic carbocycles. The maximum absolute atomic E-state index is 11.7. The van der Waals surface area contributed by atoms with E-state index >= 15 is 0 Å². The highest BCUT2D eigenvalue weighted by molar-refractivity contribution is 5.62. The summed E-state index contributed by atoms with van der Waals surface area (Å²) in [6.45, 7) is 4.22. The summed E-state index contributed by atoms with van der Waals surface area (Å²) in [6.07, 6.45) is 7.98. The molecular formula is C20H26N4O3. The van der Waals surface area contributed by atoms with Crippen LogP contribution in [0.3, 0.4) is 0 Å². The van der Waals surface area contributed by atoms with E-state index in [0.29, 0.717) is 11.7 Å². The molecule has 3 rings (SSSR count). The number of nitro groups is 1. The average molecular weight is 370 g/mol. The van der Waals surface area contributed by atoms with Gasteiger partial charge in [0.1, 0.15) is 12.1 Å². The van der Waals surface area contributed by atoms with Gasteiger partial charge in [0.15, 0.2) is 0 Å². The smallest absolute Gasteiger partial charge is 0.373 e. The molecular weight excluding hydrogens is 344 g/mol. The van der Waals surface area contributed by atoms with Gasteiger partial charge in [0, 0.05) is 6.04 Å². The maximum Gasteiger partial charge on any atom is 0.373 e. The standard InChI is InChI=1S/C20H26N4O3/c1-14(2)15-9-11-17(12-10-15)27-20-18(24(25)26)19(21-13-22-20)23-16-7-5-3-4-6-8-16/h9-14,16H,3-8H2,1-2H3,(H,21,22,23). The molecule has 1 fully saturated rings. The van der Waals surface area contributed by atoms with Gasteiger partial charge in [0.05, 0.1) is 4.92 Å². The zero-order valence-corrected chi connectivity index (χ0v) is 15.9. The molecule has 144 valence electrons. The van der Waals surface area contributed by atoms with Crippen molar-refractivity contribution in [3.63, 3.8) is 0 Å². The van der Waals surface area contributed by atoms with Crippen LogP contribution in [0.1, 0.15) is 63.9 Å². The molecule has 0 amide bonds. The maximum atomic E-state index is 11.7. The Morgan fingerprint density at radius 1 is 1.11 bits per heavy atom. The molecule has 1 aliphatic rings. The van der Waals surface area contributed by atoms with Gasteiger partial charge in [-0.3, -0.25) is 10.1 Å². The lowest BCUT2D eigenvalue weighted by Crippen LogP contribution is -2.20. The van der Waals surface area contributed by atoms with E-state index in [1.807, 2.05) is 12.1 Å². The highest BCUT2D eigenvalue weighted by atomic mass is 16.6. The molecule has 0 aliphatic heterocycles. The lowest BCUT2D eigenvalue weighted by molar-refractivity contribution is -0.385. The number of aromatic nitrogens is 2. The summed E-state index contributed by atoms with van der Waals surface area (Å²) in [5.41, 5.74) is 0.963. The van der Waals surface area contributed by atoms with Crippen LogP contribution in [0.25, 0.3) is 0 Å². The van der Waals surface area contributed by atoms with E-state index in [1.165, 1.54) is 24.7 Å². The van der Waals surface area contributed by atoms with Gasteiger partial charge in [-0.05, 0) is 36.5 Å². The molecule has 0 saturated heterocycles. The summed E-state index contributed by atoms with van der Waals surface area (Å²) in [5, 5.41) is 14.9. The van der Waals surface area contributed by atoms with Crippen molar-refractivity contribution in [1.29, 1.82) is 0 Å². The van der Waals surface area contributed by atoms with Crippen LogP contribution >= 0.6 is 0 Å². The van der Waals surface area contributed by atoms with Crippen molar-refractivity contribution in [1.82, 2.24) is 9.97 Å². The molecule has 0 spiro atoms. The van der Waals surface area contributed by atoms with Gasteiger partial charge < -0.3 is 10.1 Å². The quantitative estimate of drug-likeness (QED) is 0.414. The van der Waals surface area contributed by atoms with E-state index in [0.717, 1.165) is 25.7 Å². The van der Waals surface area contributed by atoms with Gasteiger partial charge in [0.25, 0.3) is 0 Å². The van der Waals surface area contributed by atoms with Crippen LogP contribution in [0, 0.1) is 10.1 Å². The number of hydrogen-bond acceptors (Lipinski definition) is 6. The third kappa shape index (κ3) is 4.93. The van der Waals surface area contributed by atoms with E-state index in [9.17, 15) is 10.1 Å². The SMILES string of the molecule is CC(C)c1ccc(Oc2ncnc(NC3CCCCCC3)c2[N+](=O)[O-])cc1. The van der Waals surface area contributed by atoms with E-state index < -0.39 is 4.92 Å². The first-order valence-corrected chi connectivity index (χ1v) is 9.58. The predicted molar refractivity (Wildman–Crippen MR) is 104 cm³/mol. The second-order valence-electron chi connectivity index (χ2n) is 7.29. The molecule has 0 unspecified atom stereocenters. The van der Waals surface area contributed by atoms with Crippen molar-refractivity contribution in [2.45, 2.75) is 64.3 Å². The van der Waals surface area contributed by atoms with Gasteiger partial charge in [-0.1, -0.05) is 51.7 Å². The minimum Gasteiger partial charge on any atom is -0.434 e. The lowest BCUT2D eigenvalue weighted by atomic mass is 10.0. The largest absolute Gasteiger partial charge is 0.434 e. The van der Waals surface area contributed by atoms with Crippen LogP contribution in [0.2, 0.25) is 0 Å². The second-order valence-corrected chi connectivity index (χ2v) is 7.29. The van der Waals surface area contributed by atoms with Crippen molar-refractivity contribution in [2.75, 3.05) is 5.32 Å². The second kappa shape index (κ2) is 8.79. The van der Waals surface area contributed by atoms with Gasteiger partial charge in [-0.15, -0.1) is 0 Å². The first-order valence-electron chi connectivity index (χ1n) is 9.58. The molecule has 1 aromatic heterocycles. The number of anilines is 1. The Labute approximate surface area is 159 Å². The Morgan fingerprint density at radius 2 is 1.78 bits per heavy atom. The normalized spacial score (nSPS) is 15.4. The highest BCUT2D eigenvalue weighted by Gasteiger charge is 2.27. The van der Waals surface area contributed by atoms with Gasteiger partial charge in [0.2, 0.25) is 5.82 Å². The molecule has 0 bridgehead atoms. The number of hydrogen-bond donors (Lipinski definition) is 1. The van der Waals surface area contributed by atoms with E-state index in [4.69, 9.17) is 4.74 Å². The van der Waals surface area contributed by atoms with Crippen LogP contribution in [0.15, 0.2) is 30.6 Å². The van der Waals surface area contributed by atoms with Crippen molar-refractivity contribution >= 4 is 11.5 Å². The summed E-state index contributed by atoms with van der Waals surface area (Å²) in [4.78, 5) is 19.3. The topological polar surface area (TPSA) is 90.2 Å². The molecule has 27 heavy (non-hydrogen) atoms. The average Bonchev–Trinajstić information content (AvgIpc) is 2.91. The lowest BCUT2D eigenvalue weighted by Gasteiger charge is -2.17. The third-order valence-electron chi connectivity index (χ3n) is 4.93. The van der Waals surface area contributed by atoms with Crippen molar-refractivity contribution in [3.05, 3.63) is 46.3 Å². The summed E-state index contributed by atoms with van der Waals surface area (Å²) in [5.74, 6) is 1.11. The molecule has 2 aromatic rings.